The molecule has 0 spiro atoms. The average molecular weight is 431 g/mol. The maximum Gasteiger partial charge on any atom is 0.245 e. The minimum Gasteiger partial charge on any atom is -0.368 e. The van der Waals surface area contributed by atoms with Gasteiger partial charge >= 0.3 is 0 Å². The van der Waals surface area contributed by atoms with E-state index in [1.165, 1.54) is 19.3 Å². The van der Waals surface area contributed by atoms with Crippen molar-refractivity contribution in [3.05, 3.63) is 0 Å². The van der Waals surface area contributed by atoms with E-state index in [2.05, 4.69) is 4.90 Å². The first-order valence-corrected chi connectivity index (χ1v) is 12.3. The zero-order chi connectivity index (χ0) is 22.0. The van der Waals surface area contributed by atoms with Crippen LogP contribution in [0.4, 0.5) is 0 Å². The van der Waals surface area contributed by atoms with Crippen molar-refractivity contribution < 1.29 is 14.4 Å². The maximum atomic E-state index is 13.9. The first kappa shape index (κ1) is 21.2. The normalized spacial score (nSPS) is 38.0. The molecule has 7 nitrogen and oxygen atoms in total. The zero-order valence-corrected chi connectivity index (χ0v) is 19.1. The molecule has 0 aromatic rings. The predicted octanol–water partition coefficient (Wildman–Crippen LogP) is 1.60. The molecule has 2 N–H and O–H groups in total. The van der Waals surface area contributed by atoms with Crippen LogP contribution in [-0.2, 0) is 14.4 Å². The Kier molecular flexibility index (Phi) is 5.11. The zero-order valence-electron chi connectivity index (χ0n) is 19.1. The van der Waals surface area contributed by atoms with Crippen LogP contribution in [-0.4, -0.2) is 76.7 Å². The van der Waals surface area contributed by atoms with Crippen molar-refractivity contribution in [2.24, 2.45) is 28.9 Å². The van der Waals surface area contributed by atoms with E-state index in [1.54, 1.807) is 0 Å². The Morgan fingerprint density at radius 3 is 1.94 bits per heavy atom. The molecular weight excluding hydrogens is 392 g/mol. The molecule has 1 unspecified atom stereocenters. The van der Waals surface area contributed by atoms with E-state index in [-0.39, 0.29) is 29.2 Å². The molecule has 7 heteroatoms. The van der Waals surface area contributed by atoms with Crippen molar-refractivity contribution in [1.82, 2.24) is 14.7 Å². The van der Waals surface area contributed by atoms with Crippen LogP contribution in [0.1, 0.15) is 65.2 Å². The molecule has 2 saturated heterocycles. The van der Waals surface area contributed by atoms with E-state index in [4.69, 9.17) is 5.73 Å². The van der Waals surface area contributed by atoms with Crippen LogP contribution >= 0.6 is 0 Å². The minimum absolute atomic E-state index is 0.104. The van der Waals surface area contributed by atoms with E-state index in [0.29, 0.717) is 26.2 Å². The van der Waals surface area contributed by atoms with Crippen molar-refractivity contribution >= 4 is 17.7 Å². The summed E-state index contributed by atoms with van der Waals surface area (Å²) in [6.45, 7) is 6.86. The second-order valence-electron chi connectivity index (χ2n) is 11.6. The summed E-state index contributed by atoms with van der Waals surface area (Å²) in [5.74, 6) is 2.24. The third-order valence-electron chi connectivity index (χ3n) is 9.28. The van der Waals surface area contributed by atoms with Crippen molar-refractivity contribution in [2.45, 2.75) is 76.8 Å². The molecule has 0 aromatic heterocycles. The Morgan fingerprint density at radius 2 is 1.42 bits per heavy atom. The number of rotatable bonds is 4. The van der Waals surface area contributed by atoms with Gasteiger partial charge in [0.15, 0.2) is 0 Å². The lowest BCUT2D eigenvalue weighted by Crippen LogP contribution is -2.62. The van der Waals surface area contributed by atoms with Crippen LogP contribution < -0.4 is 5.73 Å². The molecule has 6 aliphatic rings. The summed E-state index contributed by atoms with van der Waals surface area (Å²) in [6, 6.07) is -0.295. The largest absolute Gasteiger partial charge is 0.368 e. The fourth-order valence-electron chi connectivity index (χ4n) is 7.80. The van der Waals surface area contributed by atoms with Crippen LogP contribution in [0.5, 0.6) is 0 Å². The number of nitrogens with zero attached hydrogens (tertiary/aromatic N) is 3. The molecule has 1 atom stereocenters. The lowest BCUT2D eigenvalue weighted by molar-refractivity contribution is -0.162. The van der Waals surface area contributed by atoms with Gasteiger partial charge in [0.1, 0.15) is 6.04 Å². The van der Waals surface area contributed by atoms with Crippen molar-refractivity contribution in [1.29, 1.82) is 0 Å². The molecule has 4 saturated carbocycles. The van der Waals surface area contributed by atoms with Crippen molar-refractivity contribution in [2.75, 3.05) is 32.7 Å². The quantitative estimate of drug-likeness (QED) is 0.734. The van der Waals surface area contributed by atoms with Gasteiger partial charge in [-0.3, -0.25) is 19.3 Å². The number of amides is 3. The lowest BCUT2D eigenvalue weighted by Gasteiger charge is -2.56. The Morgan fingerprint density at radius 1 is 0.871 bits per heavy atom. The number of primary amides is 1. The Labute approximate surface area is 185 Å². The topological polar surface area (TPSA) is 87.0 Å². The van der Waals surface area contributed by atoms with Gasteiger partial charge in [0.25, 0.3) is 0 Å². The number of piperazine rings is 1. The number of likely N-dealkylation sites (tertiary alicyclic amines) is 1. The van der Waals surface area contributed by atoms with Crippen LogP contribution in [0.2, 0.25) is 0 Å². The first-order valence-electron chi connectivity index (χ1n) is 12.3. The van der Waals surface area contributed by atoms with E-state index in [9.17, 15) is 14.4 Å². The van der Waals surface area contributed by atoms with Crippen molar-refractivity contribution in [3.8, 4) is 0 Å². The number of hydrogen-bond acceptors (Lipinski definition) is 4. The molecule has 4 aliphatic carbocycles. The molecule has 2 heterocycles. The van der Waals surface area contributed by atoms with E-state index < -0.39 is 5.54 Å². The highest BCUT2D eigenvalue weighted by Crippen LogP contribution is 2.60. The van der Waals surface area contributed by atoms with Crippen LogP contribution in [0.25, 0.3) is 0 Å². The van der Waals surface area contributed by atoms with Crippen LogP contribution in [0.3, 0.4) is 0 Å². The highest BCUT2D eigenvalue weighted by molar-refractivity contribution is 5.91. The summed E-state index contributed by atoms with van der Waals surface area (Å²) in [5.41, 5.74) is 4.68. The SMILES string of the molecule is CC(C)(C(N)=O)N1CCN(C(=O)C2CCCN2C(=O)C23CC4CC(CC(C4)C2)C3)CC1. The third-order valence-corrected chi connectivity index (χ3v) is 9.28. The van der Waals surface area contributed by atoms with Gasteiger partial charge in [-0.15, -0.1) is 0 Å². The highest BCUT2D eigenvalue weighted by Gasteiger charge is 2.57. The summed E-state index contributed by atoms with van der Waals surface area (Å²) in [7, 11) is 0. The second kappa shape index (κ2) is 7.46. The van der Waals surface area contributed by atoms with Gasteiger partial charge in [-0.1, -0.05) is 0 Å². The summed E-state index contributed by atoms with van der Waals surface area (Å²) in [5, 5.41) is 0. The Bertz CT molecular complexity index is 736. The molecule has 172 valence electrons. The van der Waals surface area contributed by atoms with Crippen molar-refractivity contribution in [3.63, 3.8) is 0 Å². The second-order valence-corrected chi connectivity index (χ2v) is 11.6. The van der Waals surface area contributed by atoms with Crippen LogP contribution in [0, 0.1) is 23.2 Å². The first-order chi connectivity index (χ1) is 14.7. The number of carbonyl (C=O) groups excluding carboxylic acids is 3. The fourth-order valence-corrected chi connectivity index (χ4v) is 7.80. The van der Waals surface area contributed by atoms with Gasteiger partial charge in [0.2, 0.25) is 17.7 Å². The molecular formula is C24H38N4O3. The molecule has 6 rings (SSSR count). The molecule has 6 fully saturated rings. The monoisotopic (exact) mass is 430 g/mol. The third kappa shape index (κ3) is 3.47. The number of hydrogen-bond donors (Lipinski definition) is 1. The lowest BCUT2D eigenvalue weighted by atomic mass is 9.49. The van der Waals surface area contributed by atoms with Gasteiger partial charge in [-0.2, -0.15) is 0 Å². The standard InChI is InChI=1S/C24H38N4O3/c1-23(2,21(25)30)27-8-6-26(7-9-27)20(29)19-4-3-5-28(19)22(31)24-13-16-10-17(14-24)12-18(11-16)15-24/h16-19H,3-15H2,1-2H3,(H2,25,30). The predicted molar refractivity (Wildman–Crippen MR) is 117 cm³/mol. The fraction of sp³-hybridized carbons (Fsp3) is 0.875. The highest BCUT2D eigenvalue weighted by atomic mass is 16.2. The number of carbonyl (C=O) groups is 3. The van der Waals surface area contributed by atoms with Gasteiger partial charge in [-0.25, -0.2) is 0 Å². The molecule has 31 heavy (non-hydrogen) atoms. The van der Waals surface area contributed by atoms with Gasteiger partial charge < -0.3 is 15.5 Å². The maximum absolute atomic E-state index is 13.9. The van der Waals surface area contributed by atoms with E-state index in [0.717, 1.165) is 56.4 Å². The average Bonchev–Trinajstić information content (AvgIpc) is 3.21. The van der Waals surface area contributed by atoms with E-state index in [1.807, 2.05) is 23.6 Å². The van der Waals surface area contributed by atoms with E-state index >= 15 is 0 Å². The molecule has 0 aromatic carbocycles. The summed E-state index contributed by atoms with van der Waals surface area (Å²) < 4.78 is 0. The van der Waals surface area contributed by atoms with Gasteiger partial charge in [-0.05, 0) is 83.0 Å². The summed E-state index contributed by atoms with van der Waals surface area (Å²) in [4.78, 5) is 45.0. The number of nitrogens with two attached hydrogens (primary N) is 1. The van der Waals surface area contributed by atoms with Gasteiger partial charge in [0.05, 0.1) is 11.0 Å². The molecule has 2 aliphatic heterocycles. The Balaban J connectivity index is 1.25. The van der Waals surface area contributed by atoms with Gasteiger partial charge in [0, 0.05) is 32.7 Å². The molecule has 4 bridgehead atoms. The smallest absolute Gasteiger partial charge is 0.245 e. The summed E-state index contributed by atoms with van der Waals surface area (Å²) in [6.07, 6.45) is 8.82. The Hall–Kier alpha value is -1.63. The van der Waals surface area contributed by atoms with Crippen LogP contribution in [0.15, 0.2) is 0 Å². The summed E-state index contributed by atoms with van der Waals surface area (Å²) >= 11 is 0. The minimum atomic E-state index is -0.705. The molecule has 3 amide bonds. The molecule has 0 radical (unpaired) electrons.